The van der Waals surface area contributed by atoms with Gasteiger partial charge in [0, 0.05) is 23.0 Å². The first kappa shape index (κ1) is 12.9. The number of anilines is 1. The van der Waals surface area contributed by atoms with E-state index in [4.69, 9.17) is 10.5 Å². The van der Waals surface area contributed by atoms with Gasteiger partial charge in [0.1, 0.15) is 5.75 Å². The first-order valence-electron chi connectivity index (χ1n) is 6.03. The highest BCUT2D eigenvalue weighted by Crippen LogP contribution is 2.32. The van der Waals surface area contributed by atoms with Gasteiger partial charge in [0.05, 0.1) is 6.61 Å². The first-order valence-corrected chi connectivity index (χ1v) is 6.83. The second-order valence-electron chi connectivity index (χ2n) is 4.38. The summed E-state index contributed by atoms with van der Waals surface area (Å²) in [5.41, 5.74) is 7.43. The fraction of sp³-hybridized carbons (Fsp3) is 0.250. The van der Waals surface area contributed by atoms with E-state index in [0.717, 1.165) is 27.8 Å². The number of ether oxygens (including phenoxy) is 1. The van der Waals surface area contributed by atoms with Gasteiger partial charge in [-0.25, -0.2) is 0 Å². The molecule has 0 bridgehead atoms. The Labute approximate surface area is 123 Å². The standard InChI is InChI=1S/C12H12BrN5O2/c13-8-3-6-1-2-20-9(6)7(4-8)5-15-11(19)10-16-12(14)18-17-10/h3-4H,1-2,5H2,(H,15,19)(H3,14,16,17,18). The number of halogens is 1. The summed E-state index contributed by atoms with van der Waals surface area (Å²) in [6, 6.07) is 3.96. The van der Waals surface area contributed by atoms with Crippen molar-refractivity contribution in [3.63, 3.8) is 0 Å². The maximum absolute atomic E-state index is 11.9. The van der Waals surface area contributed by atoms with Crippen molar-refractivity contribution in [3.8, 4) is 5.75 Å². The number of H-pyrrole nitrogens is 1. The maximum atomic E-state index is 11.9. The molecule has 0 fully saturated rings. The molecule has 3 rings (SSSR count). The lowest BCUT2D eigenvalue weighted by Crippen LogP contribution is -2.24. The van der Waals surface area contributed by atoms with Gasteiger partial charge in [0.25, 0.3) is 5.91 Å². The number of hydrogen-bond acceptors (Lipinski definition) is 5. The normalized spacial score (nSPS) is 12.8. The second-order valence-corrected chi connectivity index (χ2v) is 5.29. The van der Waals surface area contributed by atoms with Crippen molar-refractivity contribution in [1.82, 2.24) is 20.5 Å². The van der Waals surface area contributed by atoms with Crippen LogP contribution in [-0.4, -0.2) is 27.7 Å². The number of rotatable bonds is 3. The highest BCUT2D eigenvalue weighted by atomic mass is 79.9. The van der Waals surface area contributed by atoms with Crippen molar-refractivity contribution in [2.75, 3.05) is 12.3 Å². The van der Waals surface area contributed by atoms with Crippen LogP contribution in [0.15, 0.2) is 16.6 Å². The van der Waals surface area contributed by atoms with Gasteiger partial charge < -0.3 is 15.8 Å². The van der Waals surface area contributed by atoms with E-state index in [2.05, 4.69) is 36.4 Å². The quantitative estimate of drug-likeness (QED) is 0.775. The van der Waals surface area contributed by atoms with E-state index < -0.39 is 0 Å². The van der Waals surface area contributed by atoms with Crippen molar-refractivity contribution in [2.45, 2.75) is 13.0 Å². The topological polar surface area (TPSA) is 106 Å². The number of nitrogen functional groups attached to an aromatic ring is 1. The monoisotopic (exact) mass is 337 g/mol. The number of amides is 1. The van der Waals surface area contributed by atoms with Crippen LogP contribution in [0.25, 0.3) is 0 Å². The Morgan fingerprint density at radius 3 is 3.15 bits per heavy atom. The molecule has 0 saturated heterocycles. The number of nitrogens with two attached hydrogens (primary N) is 1. The van der Waals surface area contributed by atoms with Crippen LogP contribution in [0.2, 0.25) is 0 Å². The molecule has 0 spiro atoms. The summed E-state index contributed by atoms with van der Waals surface area (Å²) in [6.45, 7) is 1.02. The number of nitrogens with zero attached hydrogens (tertiary/aromatic N) is 2. The second kappa shape index (κ2) is 5.12. The van der Waals surface area contributed by atoms with Crippen LogP contribution in [0, 0.1) is 0 Å². The molecule has 1 aromatic heterocycles. The number of benzene rings is 1. The molecule has 1 aliphatic heterocycles. The molecule has 2 aromatic rings. The fourth-order valence-electron chi connectivity index (χ4n) is 2.11. The van der Waals surface area contributed by atoms with E-state index in [1.165, 1.54) is 0 Å². The third kappa shape index (κ3) is 2.46. The molecule has 0 radical (unpaired) electrons. The van der Waals surface area contributed by atoms with Gasteiger partial charge >= 0.3 is 0 Å². The largest absolute Gasteiger partial charge is 0.493 e. The maximum Gasteiger partial charge on any atom is 0.288 e. The molecule has 2 heterocycles. The molecule has 0 aliphatic carbocycles. The predicted octanol–water partition coefficient (Wildman–Crippen LogP) is 1.01. The van der Waals surface area contributed by atoms with Gasteiger partial charge in [-0.2, -0.15) is 4.98 Å². The van der Waals surface area contributed by atoms with Crippen LogP contribution in [0.5, 0.6) is 5.75 Å². The van der Waals surface area contributed by atoms with E-state index in [9.17, 15) is 4.79 Å². The number of carbonyl (C=O) groups is 1. The van der Waals surface area contributed by atoms with Crippen LogP contribution < -0.4 is 15.8 Å². The molecule has 1 aromatic carbocycles. The Balaban J connectivity index is 1.74. The minimum Gasteiger partial charge on any atom is -0.493 e. The Bertz CT molecular complexity index is 670. The van der Waals surface area contributed by atoms with Gasteiger partial charge in [-0.15, -0.1) is 5.10 Å². The molecular weight excluding hydrogens is 326 g/mol. The Kier molecular flexibility index (Phi) is 3.31. The molecule has 0 unspecified atom stereocenters. The number of hydrogen-bond donors (Lipinski definition) is 3. The van der Waals surface area contributed by atoms with Crippen molar-refractivity contribution in [1.29, 1.82) is 0 Å². The number of carbonyl (C=O) groups excluding carboxylic acids is 1. The molecule has 1 amide bonds. The third-order valence-electron chi connectivity index (χ3n) is 2.98. The zero-order valence-corrected chi connectivity index (χ0v) is 12.0. The van der Waals surface area contributed by atoms with E-state index in [1.807, 2.05) is 12.1 Å². The smallest absolute Gasteiger partial charge is 0.288 e. The van der Waals surface area contributed by atoms with E-state index in [-0.39, 0.29) is 17.7 Å². The molecule has 0 atom stereocenters. The van der Waals surface area contributed by atoms with E-state index in [0.29, 0.717) is 13.2 Å². The van der Waals surface area contributed by atoms with Crippen LogP contribution in [0.1, 0.15) is 21.7 Å². The fourth-order valence-corrected chi connectivity index (χ4v) is 2.67. The minimum atomic E-state index is -0.360. The average molecular weight is 338 g/mol. The summed E-state index contributed by atoms with van der Waals surface area (Å²) in [7, 11) is 0. The zero-order chi connectivity index (χ0) is 14.1. The van der Waals surface area contributed by atoms with Gasteiger partial charge in [0.15, 0.2) is 0 Å². The zero-order valence-electron chi connectivity index (χ0n) is 10.4. The molecular formula is C12H12BrN5O2. The Hall–Kier alpha value is -2.09. The minimum absolute atomic E-state index is 0.0434. The van der Waals surface area contributed by atoms with Crippen LogP contribution in [0.3, 0.4) is 0 Å². The van der Waals surface area contributed by atoms with E-state index in [1.54, 1.807) is 0 Å². The molecule has 20 heavy (non-hydrogen) atoms. The molecule has 8 heteroatoms. The van der Waals surface area contributed by atoms with Crippen LogP contribution in [-0.2, 0) is 13.0 Å². The summed E-state index contributed by atoms with van der Waals surface area (Å²) < 4.78 is 6.57. The summed E-state index contributed by atoms with van der Waals surface area (Å²) in [6.07, 6.45) is 0.883. The van der Waals surface area contributed by atoms with Crippen molar-refractivity contribution >= 4 is 27.8 Å². The van der Waals surface area contributed by atoms with Crippen molar-refractivity contribution < 1.29 is 9.53 Å². The highest BCUT2D eigenvalue weighted by molar-refractivity contribution is 9.10. The molecule has 7 nitrogen and oxygen atoms in total. The summed E-state index contributed by atoms with van der Waals surface area (Å²) in [5, 5.41) is 8.84. The average Bonchev–Trinajstić information content (AvgIpc) is 3.03. The van der Waals surface area contributed by atoms with Gasteiger partial charge in [0.2, 0.25) is 11.8 Å². The Morgan fingerprint density at radius 1 is 1.55 bits per heavy atom. The molecule has 4 N–H and O–H groups in total. The number of aromatic nitrogens is 3. The SMILES string of the molecule is Nc1n[nH]c(C(=O)NCc2cc(Br)cc3c2OCC3)n1. The highest BCUT2D eigenvalue weighted by Gasteiger charge is 2.18. The summed E-state index contributed by atoms with van der Waals surface area (Å²) in [4.78, 5) is 15.6. The lowest BCUT2D eigenvalue weighted by molar-refractivity contribution is 0.0940. The van der Waals surface area contributed by atoms with Gasteiger partial charge in [-0.3, -0.25) is 9.89 Å². The van der Waals surface area contributed by atoms with E-state index >= 15 is 0 Å². The van der Waals surface area contributed by atoms with Crippen LogP contribution >= 0.6 is 15.9 Å². The molecule has 0 saturated carbocycles. The summed E-state index contributed by atoms with van der Waals surface area (Å²) in [5.74, 6) is 0.628. The van der Waals surface area contributed by atoms with Crippen molar-refractivity contribution in [2.24, 2.45) is 0 Å². The van der Waals surface area contributed by atoms with Gasteiger partial charge in [-0.05, 0) is 17.7 Å². The number of fused-ring (bicyclic) bond motifs is 1. The summed E-state index contributed by atoms with van der Waals surface area (Å²) >= 11 is 3.46. The lowest BCUT2D eigenvalue weighted by atomic mass is 10.1. The first-order chi connectivity index (χ1) is 9.63. The van der Waals surface area contributed by atoms with Crippen LogP contribution in [0.4, 0.5) is 5.95 Å². The lowest BCUT2D eigenvalue weighted by Gasteiger charge is -2.09. The predicted molar refractivity (Wildman–Crippen MR) is 75.3 cm³/mol. The number of nitrogens with one attached hydrogen (secondary N) is 2. The van der Waals surface area contributed by atoms with Gasteiger partial charge in [-0.1, -0.05) is 15.9 Å². The molecule has 1 aliphatic rings. The number of aromatic amines is 1. The molecule has 104 valence electrons. The van der Waals surface area contributed by atoms with Crippen molar-refractivity contribution in [3.05, 3.63) is 33.6 Å². The Morgan fingerprint density at radius 2 is 2.40 bits per heavy atom. The third-order valence-corrected chi connectivity index (χ3v) is 3.44.